The first-order valence-electron chi connectivity index (χ1n) is 17.4. The summed E-state index contributed by atoms with van der Waals surface area (Å²) in [6.45, 7) is -0.569. The van der Waals surface area contributed by atoms with Crippen LogP contribution in [0.15, 0.2) is 48.5 Å². The minimum atomic E-state index is -1.55. The van der Waals surface area contributed by atoms with E-state index >= 15 is 0 Å². The number of aliphatic hydroxyl groups excluding tert-OH is 5. The minimum absolute atomic E-state index is 0.0936. The molecule has 4 aliphatic rings. The molecule has 3 aromatic rings. The number of carboxylic acid groups (broad SMARTS) is 2. The van der Waals surface area contributed by atoms with E-state index in [2.05, 4.69) is 20.6 Å². The zero-order valence-corrected chi connectivity index (χ0v) is 28.5. The summed E-state index contributed by atoms with van der Waals surface area (Å²) in [5.74, 6) is 0.0865. The number of carboxylic acids is 2. The fraction of sp³-hybridized carbons (Fsp3) is 0.514. The summed E-state index contributed by atoms with van der Waals surface area (Å²) in [5, 5.41) is 69.0. The Balaban J connectivity index is 0.000000332. The maximum atomic E-state index is 13.5. The number of nitrogens with one attached hydrogen (secondary N) is 3. The van der Waals surface area contributed by atoms with Gasteiger partial charge in [0.15, 0.2) is 0 Å². The Labute approximate surface area is 295 Å². The van der Waals surface area contributed by atoms with Crippen molar-refractivity contribution in [2.75, 3.05) is 25.5 Å². The smallest absolute Gasteiger partial charge is 0.335 e. The lowest BCUT2D eigenvalue weighted by molar-refractivity contribution is -0.113. The number of carbonyl (C=O) groups is 3. The third kappa shape index (κ3) is 9.19. The van der Waals surface area contributed by atoms with E-state index in [4.69, 9.17) is 20.4 Å². The monoisotopic (exact) mass is 708 g/mol. The zero-order chi connectivity index (χ0) is 36.9. The van der Waals surface area contributed by atoms with Crippen LogP contribution in [0.25, 0.3) is 11.4 Å². The number of imidazole rings is 1. The van der Waals surface area contributed by atoms with Crippen LogP contribution in [0.3, 0.4) is 0 Å². The summed E-state index contributed by atoms with van der Waals surface area (Å²) in [4.78, 5) is 44.6. The maximum Gasteiger partial charge on any atom is 0.335 e. The van der Waals surface area contributed by atoms with E-state index in [1.54, 1.807) is 7.05 Å². The van der Waals surface area contributed by atoms with Gasteiger partial charge >= 0.3 is 11.9 Å². The number of rotatable bonds is 14. The van der Waals surface area contributed by atoms with Crippen molar-refractivity contribution in [3.63, 3.8) is 0 Å². The van der Waals surface area contributed by atoms with Gasteiger partial charge in [-0.2, -0.15) is 0 Å². The molecule has 7 rings (SSSR count). The highest BCUT2D eigenvalue weighted by Gasteiger charge is 2.50. The third-order valence-corrected chi connectivity index (χ3v) is 10.5. The first-order chi connectivity index (χ1) is 24.3. The number of hydrogen-bond donors (Lipinski definition) is 10. The number of benzene rings is 2. The number of hydrogen-bond acceptors (Lipinski definition) is 10. The first kappa shape index (κ1) is 38.1. The van der Waals surface area contributed by atoms with Crippen LogP contribution in [0, 0.1) is 23.2 Å². The molecular weight excluding hydrogens is 660 g/mol. The second-order valence-electron chi connectivity index (χ2n) is 14.4. The topological polar surface area (TPSA) is 246 Å². The first-order valence-corrected chi connectivity index (χ1v) is 17.4. The average Bonchev–Trinajstić information content (AvgIpc) is 3.54. The molecule has 0 radical (unpaired) electrons. The summed E-state index contributed by atoms with van der Waals surface area (Å²) < 4.78 is 0. The number of H-pyrrole nitrogens is 1. The van der Waals surface area contributed by atoms with Crippen LogP contribution in [0.2, 0.25) is 0 Å². The number of likely N-dealkylation sites (N-methyl/N-ethyl adjacent to an activating group) is 1. The zero-order valence-electron chi connectivity index (χ0n) is 28.5. The SMILES string of the molecule is CNCC(O)C(O)C(O)C(O)CO.O=C(O)c1cc(NC(=O)c2nc(-c3ccccc3)[nH]c2CCC23CC4CC(CC(C4)C2)C3)cc(C(=O)O)c1. The van der Waals surface area contributed by atoms with Crippen LogP contribution in [-0.2, 0) is 6.42 Å². The van der Waals surface area contributed by atoms with Crippen molar-refractivity contribution in [2.24, 2.45) is 23.2 Å². The Morgan fingerprint density at radius 1 is 0.863 bits per heavy atom. The van der Waals surface area contributed by atoms with Crippen LogP contribution in [0.1, 0.15) is 81.8 Å². The van der Waals surface area contributed by atoms with Gasteiger partial charge in [0, 0.05) is 23.5 Å². The Morgan fingerprint density at radius 2 is 1.41 bits per heavy atom. The van der Waals surface area contributed by atoms with E-state index in [0.717, 1.165) is 41.5 Å². The molecule has 4 bridgehead atoms. The van der Waals surface area contributed by atoms with Crippen LogP contribution in [0.4, 0.5) is 5.69 Å². The van der Waals surface area contributed by atoms with Crippen molar-refractivity contribution in [2.45, 2.75) is 75.8 Å². The Bertz CT molecular complexity index is 1610. The molecule has 10 N–H and O–H groups in total. The van der Waals surface area contributed by atoms with E-state index in [-0.39, 0.29) is 29.1 Å². The van der Waals surface area contributed by atoms with Crippen molar-refractivity contribution < 1.29 is 50.1 Å². The summed E-state index contributed by atoms with van der Waals surface area (Å²) in [6.07, 6.45) is 4.02. The second-order valence-corrected chi connectivity index (χ2v) is 14.4. The van der Waals surface area contributed by atoms with Crippen molar-refractivity contribution in [3.05, 3.63) is 71.0 Å². The average molecular weight is 709 g/mol. The lowest BCUT2D eigenvalue weighted by Crippen LogP contribution is -2.48. The van der Waals surface area contributed by atoms with Crippen molar-refractivity contribution in [1.82, 2.24) is 15.3 Å². The van der Waals surface area contributed by atoms with Crippen LogP contribution >= 0.6 is 0 Å². The van der Waals surface area contributed by atoms with E-state index < -0.39 is 48.9 Å². The van der Waals surface area contributed by atoms with Gasteiger partial charge in [0.1, 0.15) is 29.8 Å². The standard InChI is InChI=1S/C30H31N3O5.C7H17NO5/c34-27(31-23-12-21(28(35)36)11-22(13-23)29(37)38)25-24(32-26(33-25)20-4-2-1-3-5-20)6-7-30-14-17-8-18(15-30)10-19(9-17)16-30;1-8-2-4(10)6(12)7(13)5(11)3-9/h1-5,11-13,17-19H,6-10,14-16H2,(H,31,34)(H,32,33)(H,35,36)(H,37,38);4-13H,2-3H2,1H3. The predicted octanol–water partition coefficient (Wildman–Crippen LogP) is 2.52. The van der Waals surface area contributed by atoms with Crippen molar-refractivity contribution in [1.29, 1.82) is 0 Å². The Hall–Kier alpha value is -4.18. The maximum absolute atomic E-state index is 13.5. The summed E-state index contributed by atoms with van der Waals surface area (Å²) in [6, 6.07) is 13.2. The minimum Gasteiger partial charge on any atom is -0.478 e. The lowest BCUT2D eigenvalue weighted by Gasteiger charge is -2.57. The molecule has 1 amide bonds. The molecule has 1 heterocycles. The van der Waals surface area contributed by atoms with Gasteiger partial charge in [-0.15, -0.1) is 0 Å². The van der Waals surface area contributed by atoms with Gasteiger partial charge < -0.3 is 51.4 Å². The molecule has 0 aliphatic heterocycles. The molecule has 4 fully saturated rings. The molecule has 4 unspecified atom stereocenters. The number of aromatic amines is 1. The molecule has 14 nitrogen and oxygen atoms in total. The molecule has 51 heavy (non-hydrogen) atoms. The van der Waals surface area contributed by atoms with Gasteiger partial charge in [-0.3, -0.25) is 4.79 Å². The highest BCUT2D eigenvalue weighted by atomic mass is 16.4. The third-order valence-electron chi connectivity index (χ3n) is 10.5. The molecule has 0 spiro atoms. The predicted molar refractivity (Wildman–Crippen MR) is 186 cm³/mol. The lowest BCUT2D eigenvalue weighted by atomic mass is 9.48. The van der Waals surface area contributed by atoms with Crippen LogP contribution in [-0.4, -0.2) is 108 Å². The number of anilines is 1. The van der Waals surface area contributed by atoms with E-state index in [9.17, 15) is 29.7 Å². The van der Waals surface area contributed by atoms with Gasteiger partial charge in [0.2, 0.25) is 0 Å². The van der Waals surface area contributed by atoms with Gasteiger partial charge in [-0.05, 0) is 99.8 Å². The highest BCUT2D eigenvalue weighted by Crippen LogP contribution is 2.61. The number of nitrogens with zero attached hydrogens (tertiary/aromatic N) is 1. The normalized spacial score (nSPS) is 24.2. The van der Waals surface area contributed by atoms with Gasteiger partial charge in [0.05, 0.1) is 23.8 Å². The molecule has 14 heteroatoms. The van der Waals surface area contributed by atoms with E-state index in [1.807, 2.05) is 30.3 Å². The number of aryl methyl sites for hydroxylation is 1. The molecule has 4 aliphatic carbocycles. The fourth-order valence-electron chi connectivity index (χ4n) is 8.53. The number of carbonyl (C=O) groups excluding carboxylic acids is 1. The van der Waals surface area contributed by atoms with Crippen molar-refractivity contribution >= 4 is 23.5 Å². The Kier molecular flexibility index (Phi) is 12.3. The quantitative estimate of drug-likeness (QED) is 0.116. The molecule has 4 atom stereocenters. The largest absolute Gasteiger partial charge is 0.478 e. The molecule has 1 aromatic heterocycles. The second kappa shape index (κ2) is 16.4. The number of aliphatic hydroxyl groups is 5. The van der Waals surface area contributed by atoms with Gasteiger partial charge in [0.25, 0.3) is 5.91 Å². The molecule has 276 valence electrons. The van der Waals surface area contributed by atoms with Crippen LogP contribution in [0.5, 0.6) is 0 Å². The summed E-state index contributed by atoms with van der Waals surface area (Å²) in [7, 11) is 1.57. The number of aromatic nitrogens is 2. The number of aromatic carboxylic acids is 2. The van der Waals surface area contributed by atoms with Gasteiger partial charge in [-0.1, -0.05) is 30.3 Å². The van der Waals surface area contributed by atoms with Crippen LogP contribution < -0.4 is 10.6 Å². The highest BCUT2D eigenvalue weighted by molar-refractivity contribution is 6.05. The Morgan fingerprint density at radius 3 is 1.92 bits per heavy atom. The fourth-order valence-corrected chi connectivity index (χ4v) is 8.53. The molecule has 4 saturated carbocycles. The van der Waals surface area contributed by atoms with Gasteiger partial charge in [-0.25, -0.2) is 14.6 Å². The number of amides is 1. The molecule has 0 saturated heterocycles. The molecule has 2 aromatic carbocycles. The van der Waals surface area contributed by atoms with E-state index in [1.165, 1.54) is 50.7 Å². The molecular formula is C37H48N4O10. The summed E-state index contributed by atoms with van der Waals surface area (Å²) in [5.41, 5.74) is 1.89. The summed E-state index contributed by atoms with van der Waals surface area (Å²) >= 11 is 0. The van der Waals surface area contributed by atoms with E-state index in [0.29, 0.717) is 17.7 Å². The van der Waals surface area contributed by atoms with Crippen molar-refractivity contribution in [3.8, 4) is 11.4 Å².